The summed E-state index contributed by atoms with van der Waals surface area (Å²) in [6.07, 6.45) is 34.9. The molecule has 1 aromatic heterocycles. The Bertz CT molecular complexity index is 1300. The number of carbonyl (C=O) groups excluding carboxylic acids is 3. The molecule has 0 aliphatic heterocycles. The van der Waals surface area contributed by atoms with E-state index in [9.17, 15) is 28.8 Å². The minimum Gasteiger partial charge on any atom is -0.464 e. The zero-order valence-electron chi connectivity index (χ0n) is 35.7. The van der Waals surface area contributed by atoms with Crippen molar-refractivity contribution in [3.63, 3.8) is 0 Å². The van der Waals surface area contributed by atoms with Crippen LogP contribution in [0.25, 0.3) is 0 Å². The molecule has 12 heteroatoms. The third-order valence-electron chi connectivity index (χ3n) is 9.83. The first-order chi connectivity index (χ1) is 27.8. The summed E-state index contributed by atoms with van der Waals surface area (Å²) in [5.41, 5.74) is -2.68. The predicted molar refractivity (Wildman–Crippen MR) is 227 cm³/mol. The maximum atomic E-state index is 13.4. The van der Waals surface area contributed by atoms with E-state index in [2.05, 4.69) is 36.5 Å². The molecule has 0 atom stereocenters. The number of unbranched alkanes of at least 4 members (excludes halogenated alkanes) is 18. The molecule has 12 nitrogen and oxygen atoms in total. The van der Waals surface area contributed by atoms with Crippen molar-refractivity contribution in [2.75, 3.05) is 19.8 Å². The highest BCUT2D eigenvalue weighted by Crippen LogP contribution is 2.12. The van der Waals surface area contributed by atoms with Crippen LogP contribution in [0.15, 0.2) is 50.8 Å². The Kier molecular flexibility index (Phi) is 31.6. The van der Waals surface area contributed by atoms with Gasteiger partial charge in [0.25, 0.3) is 0 Å². The topological polar surface area (TPSA) is 145 Å². The summed E-state index contributed by atoms with van der Waals surface area (Å²) in [6, 6.07) is 0. The van der Waals surface area contributed by atoms with Gasteiger partial charge in [0.2, 0.25) is 0 Å². The van der Waals surface area contributed by atoms with E-state index in [1.54, 1.807) is 0 Å². The fourth-order valence-corrected chi connectivity index (χ4v) is 6.44. The molecule has 1 heterocycles. The van der Waals surface area contributed by atoms with Gasteiger partial charge in [-0.25, -0.2) is 28.1 Å². The fourth-order valence-electron chi connectivity index (χ4n) is 6.44. The lowest BCUT2D eigenvalue weighted by molar-refractivity contribution is -0.144. The molecule has 0 N–H and O–H groups in total. The van der Waals surface area contributed by atoms with E-state index in [1.165, 1.54) is 0 Å². The molecule has 0 amide bonds. The highest BCUT2D eigenvalue weighted by molar-refractivity contribution is 5.69. The van der Waals surface area contributed by atoms with Crippen molar-refractivity contribution in [1.82, 2.24) is 13.7 Å². The van der Waals surface area contributed by atoms with Gasteiger partial charge in [0.15, 0.2) is 0 Å². The van der Waals surface area contributed by atoms with Crippen LogP contribution in [0.5, 0.6) is 0 Å². The monoisotopic (exact) mass is 802 g/mol. The Labute approximate surface area is 341 Å². The Morgan fingerprint density at radius 2 is 0.614 bits per heavy atom. The average molecular weight is 802 g/mol. The lowest BCUT2D eigenvalue weighted by atomic mass is 10.1. The van der Waals surface area contributed by atoms with E-state index in [1.807, 2.05) is 20.8 Å². The second kappa shape index (κ2) is 35.2. The normalized spacial score (nSPS) is 11.6. The molecule has 0 aliphatic rings. The van der Waals surface area contributed by atoms with Crippen LogP contribution in [0.4, 0.5) is 0 Å². The number of hydrogen-bond donors (Lipinski definition) is 0. The molecule has 0 aromatic carbocycles. The number of rotatable bonds is 36. The lowest BCUT2D eigenvalue weighted by Crippen LogP contribution is -2.55. The van der Waals surface area contributed by atoms with E-state index in [-0.39, 0.29) is 58.7 Å². The van der Waals surface area contributed by atoms with Crippen LogP contribution in [0.2, 0.25) is 0 Å². The van der Waals surface area contributed by atoms with Crippen molar-refractivity contribution in [3.05, 3.63) is 67.9 Å². The van der Waals surface area contributed by atoms with Crippen molar-refractivity contribution >= 4 is 17.9 Å². The molecule has 0 radical (unpaired) electrons. The van der Waals surface area contributed by atoms with Gasteiger partial charge in [0.05, 0.1) is 19.6 Å². The lowest BCUT2D eigenvalue weighted by Gasteiger charge is -2.14. The number of ether oxygens (including phenoxy) is 3. The Morgan fingerprint density at radius 1 is 0.386 bits per heavy atom. The Morgan fingerprint density at radius 3 is 0.860 bits per heavy atom. The minimum absolute atomic E-state index is 0.229. The molecule has 0 unspecified atom stereocenters. The van der Waals surface area contributed by atoms with Crippen LogP contribution < -0.4 is 17.1 Å². The number of nitrogens with zero attached hydrogens (tertiary/aromatic N) is 3. The van der Waals surface area contributed by atoms with E-state index >= 15 is 0 Å². The first kappa shape index (κ1) is 51.1. The molecule has 1 rings (SSSR count). The van der Waals surface area contributed by atoms with Gasteiger partial charge >= 0.3 is 35.0 Å². The fraction of sp³-hybridized carbons (Fsp3) is 0.733. The maximum Gasteiger partial charge on any atom is 0.336 e. The molecule has 0 spiro atoms. The van der Waals surface area contributed by atoms with Crippen molar-refractivity contribution < 1.29 is 28.6 Å². The van der Waals surface area contributed by atoms with Gasteiger partial charge in [0.1, 0.15) is 19.8 Å². The van der Waals surface area contributed by atoms with Crippen LogP contribution in [-0.2, 0) is 48.2 Å². The summed E-state index contributed by atoms with van der Waals surface area (Å²) in [6.45, 7) is 4.58. The van der Waals surface area contributed by atoms with Crippen molar-refractivity contribution in [2.45, 2.75) is 195 Å². The van der Waals surface area contributed by atoms with Crippen molar-refractivity contribution in [3.8, 4) is 0 Å². The summed E-state index contributed by atoms with van der Waals surface area (Å²) in [5, 5.41) is 0. The summed E-state index contributed by atoms with van der Waals surface area (Å²) >= 11 is 0. The van der Waals surface area contributed by atoms with Gasteiger partial charge in [0, 0.05) is 19.3 Å². The molecular weight excluding hydrogens is 727 g/mol. The van der Waals surface area contributed by atoms with E-state index in [4.69, 9.17) is 14.2 Å². The molecule has 0 fully saturated rings. The number of hydrogen-bond acceptors (Lipinski definition) is 9. The highest BCUT2D eigenvalue weighted by Gasteiger charge is 2.17. The highest BCUT2D eigenvalue weighted by atomic mass is 16.5. The van der Waals surface area contributed by atoms with Crippen molar-refractivity contribution in [1.29, 1.82) is 0 Å². The largest absolute Gasteiger partial charge is 0.464 e. The SMILES string of the molecule is C/C=C/CCCCCCCCC(=O)OCCn1c(=O)n(CCOC(=O)CCCCCCCC/C=C/C)c(=O)n(CCOC(=O)CCCCCCCC/C=C/C)c1=O. The van der Waals surface area contributed by atoms with E-state index in [0.29, 0.717) is 19.3 Å². The molecule has 57 heavy (non-hydrogen) atoms. The van der Waals surface area contributed by atoms with Gasteiger partial charge in [-0.05, 0) is 78.6 Å². The summed E-state index contributed by atoms with van der Waals surface area (Å²) in [5.74, 6) is -1.26. The Balaban J connectivity index is 2.75. The molecule has 324 valence electrons. The predicted octanol–water partition coefficient (Wildman–Crippen LogP) is 8.89. The first-order valence-electron chi connectivity index (χ1n) is 22.0. The standard InChI is InChI=1S/C45H75N3O9/c1-4-7-10-13-16-19-22-25-28-31-40(49)55-37-34-46-43(52)47(35-38-56-41(50)32-29-26-23-20-17-14-11-8-5-2)45(54)48(44(46)53)36-39-57-42(51)33-30-27-24-21-18-15-12-9-6-3/h4-9H,10-39H2,1-3H3/b7-4+,8-5+,9-6+. The molecule has 1 aromatic rings. The smallest absolute Gasteiger partial charge is 0.336 e. The molecule has 0 bridgehead atoms. The molecule has 0 saturated carbocycles. The van der Waals surface area contributed by atoms with Crippen LogP contribution >= 0.6 is 0 Å². The van der Waals surface area contributed by atoms with Crippen molar-refractivity contribution in [2.24, 2.45) is 0 Å². The van der Waals surface area contributed by atoms with Gasteiger partial charge in [-0.2, -0.15) is 0 Å². The van der Waals surface area contributed by atoms with Crippen LogP contribution in [0.3, 0.4) is 0 Å². The summed E-state index contributed by atoms with van der Waals surface area (Å²) in [4.78, 5) is 77.4. The summed E-state index contributed by atoms with van der Waals surface area (Å²) < 4.78 is 18.5. The number of carbonyl (C=O) groups is 3. The number of aromatic nitrogens is 3. The zero-order chi connectivity index (χ0) is 41.8. The van der Waals surface area contributed by atoms with Crippen LogP contribution in [-0.4, -0.2) is 51.4 Å². The second-order valence-corrected chi connectivity index (χ2v) is 14.7. The van der Waals surface area contributed by atoms with Crippen LogP contribution in [0.1, 0.15) is 175 Å². The quantitative estimate of drug-likeness (QED) is 0.0281. The third kappa shape index (κ3) is 25.8. The van der Waals surface area contributed by atoms with E-state index in [0.717, 1.165) is 129 Å². The molecular formula is C45H75N3O9. The zero-order valence-corrected chi connectivity index (χ0v) is 35.7. The minimum atomic E-state index is -0.893. The first-order valence-corrected chi connectivity index (χ1v) is 22.0. The molecule has 0 saturated heterocycles. The van der Waals surface area contributed by atoms with E-state index < -0.39 is 35.0 Å². The maximum absolute atomic E-state index is 13.4. The second-order valence-electron chi connectivity index (χ2n) is 14.7. The molecule has 0 aliphatic carbocycles. The number of allylic oxidation sites excluding steroid dienone is 6. The average Bonchev–Trinajstić information content (AvgIpc) is 3.19. The number of esters is 3. The van der Waals surface area contributed by atoms with Gasteiger partial charge in [-0.15, -0.1) is 0 Å². The van der Waals surface area contributed by atoms with Gasteiger partial charge < -0.3 is 14.2 Å². The van der Waals surface area contributed by atoms with Gasteiger partial charge in [-0.3, -0.25) is 14.4 Å². The van der Waals surface area contributed by atoms with Gasteiger partial charge in [-0.1, -0.05) is 114 Å². The summed E-state index contributed by atoms with van der Waals surface area (Å²) in [7, 11) is 0. The van der Waals surface area contributed by atoms with Crippen LogP contribution in [0, 0.1) is 0 Å². The third-order valence-corrected chi connectivity index (χ3v) is 9.83. The Hall–Kier alpha value is -3.96.